The monoisotopic (exact) mass is 439 g/mol. The molecule has 2 aromatic rings. The Labute approximate surface area is 188 Å². The van der Waals surface area contributed by atoms with Crippen LogP contribution < -0.4 is 4.90 Å². The number of hydrogen-bond acceptors (Lipinski definition) is 3. The normalized spacial score (nSPS) is 20.1. The van der Waals surface area contributed by atoms with Crippen LogP contribution in [-0.4, -0.2) is 53.2 Å². The van der Waals surface area contributed by atoms with Crippen molar-refractivity contribution < 1.29 is 18.7 Å². The molecule has 2 aromatic carbocycles. The number of rotatable bonds is 3. The molecule has 2 heterocycles. The van der Waals surface area contributed by atoms with Crippen LogP contribution in [-0.2, 0) is 4.74 Å². The summed E-state index contributed by atoms with van der Waals surface area (Å²) in [7, 11) is 0. The molecule has 2 aliphatic heterocycles. The molecule has 1 atom stereocenters. The van der Waals surface area contributed by atoms with Gasteiger partial charge in [-0.05, 0) is 63.4 Å². The molecule has 2 saturated heterocycles. The number of nitrogens with zero attached hydrogens (tertiary/aromatic N) is 3. The van der Waals surface area contributed by atoms with Crippen molar-refractivity contribution in [2.45, 2.75) is 51.3 Å². The minimum atomic E-state index is -0.535. The molecule has 0 aliphatic carbocycles. The van der Waals surface area contributed by atoms with Crippen molar-refractivity contribution in [2.24, 2.45) is 0 Å². The number of urea groups is 1. The molecule has 0 spiro atoms. The first-order valence-corrected chi connectivity index (χ1v) is 11.1. The maximum absolute atomic E-state index is 13.5. The molecule has 1 unspecified atom stereocenters. The minimum absolute atomic E-state index is 0.0110. The maximum atomic E-state index is 13.5. The third-order valence-corrected chi connectivity index (χ3v) is 5.98. The summed E-state index contributed by atoms with van der Waals surface area (Å²) in [6, 6.07) is 15.8. The second-order valence-corrected chi connectivity index (χ2v) is 9.40. The highest BCUT2D eigenvalue weighted by Gasteiger charge is 2.43. The van der Waals surface area contributed by atoms with E-state index in [1.807, 2.05) is 56.0 Å². The lowest BCUT2D eigenvalue weighted by Gasteiger charge is -2.39. The first-order chi connectivity index (χ1) is 15.2. The molecule has 2 aliphatic rings. The Morgan fingerprint density at radius 2 is 1.62 bits per heavy atom. The van der Waals surface area contributed by atoms with Gasteiger partial charge >= 0.3 is 12.1 Å². The molecule has 0 radical (unpaired) electrons. The quantitative estimate of drug-likeness (QED) is 0.660. The largest absolute Gasteiger partial charge is 0.444 e. The van der Waals surface area contributed by atoms with Crippen LogP contribution in [0.2, 0.25) is 0 Å². The van der Waals surface area contributed by atoms with Crippen LogP contribution in [0.15, 0.2) is 54.6 Å². The molecule has 2 fully saturated rings. The van der Waals surface area contributed by atoms with E-state index < -0.39 is 5.60 Å². The molecule has 4 rings (SSSR count). The minimum Gasteiger partial charge on any atom is -0.444 e. The smallest absolute Gasteiger partial charge is 0.410 e. The molecule has 3 amide bonds. The van der Waals surface area contributed by atoms with Gasteiger partial charge in [-0.25, -0.2) is 14.0 Å². The van der Waals surface area contributed by atoms with Crippen LogP contribution in [0.4, 0.5) is 19.7 Å². The second kappa shape index (κ2) is 8.81. The Kier molecular flexibility index (Phi) is 6.09. The number of hydrogen-bond donors (Lipinski definition) is 0. The van der Waals surface area contributed by atoms with Crippen LogP contribution in [0.3, 0.4) is 0 Å². The molecule has 0 aromatic heterocycles. The van der Waals surface area contributed by atoms with Crippen LogP contribution >= 0.6 is 0 Å². The molecule has 170 valence electrons. The first kappa shape index (κ1) is 22.1. The van der Waals surface area contributed by atoms with Crippen molar-refractivity contribution in [2.75, 3.05) is 24.5 Å². The number of carbonyl (C=O) groups excluding carboxylic acids is 2. The third kappa shape index (κ3) is 4.71. The van der Waals surface area contributed by atoms with Gasteiger partial charge in [0.1, 0.15) is 11.4 Å². The molecule has 0 saturated carbocycles. The zero-order chi connectivity index (χ0) is 22.9. The van der Waals surface area contributed by atoms with Crippen LogP contribution in [0.5, 0.6) is 0 Å². The van der Waals surface area contributed by atoms with E-state index in [1.165, 1.54) is 12.1 Å². The molecular weight excluding hydrogens is 409 g/mol. The van der Waals surface area contributed by atoms with E-state index >= 15 is 0 Å². The SMILES string of the molecule is CC(C)(C)OC(=O)N1CCC(N2C(=O)N(c3ccc(F)cc3)CC2c2ccccc2)CC1. The fourth-order valence-electron chi connectivity index (χ4n) is 4.45. The van der Waals surface area contributed by atoms with E-state index in [-0.39, 0.29) is 30.0 Å². The zero-order valence-corrected chi connectivity index (χ0v) is 18.8. The maximum Gasteiger partial charge on any atom is 0.410 e. The van der Waals surface area contributed by atoms with Crippen molar-refractivity contribution in [3.8, 4) is 0 Å². The molecule has 32 heavy (non-hydrogen) atoms. The van der Waals surface area contributed by atoms with Crippen molar-refractivity contribution in [1.29, 1.82) is 0 Å². The summed E-state index contributed by atoms with van der Waals surface area (Å²) >= 11 is 0. The Bertz CT molecular complexity index is 951. The molecule has 7 heteroatoms. The number of ether oxygens (including phenoxy) is 1. The molecule has 6 nitrogen and oxygen atoms in total. The summed E-state index contributed by atoms with van der Waals surface area (Å²) in [5.41, 5.74) is 1.22. The number of piperidine rings is 1. The summed E-state index contributed by atoms with van der Waals surface area (Å²) in [5.74, 6) is -0.327. The van der Waals surface area contributed by atoms with Gasteiger partial charge in [-0.15, -0.1) is 0 Å². The lowest BCUT2D eigenvalue weighted by Crippen LogP contribution is -2.49. The summed E-state index contributed by atoms with van der Waals surface area (Å²) in [6.07, 6.45) is 1.06. The van der Waals surface area contributed by atoms with Gasteiger partial charge in [-0.3, -0.25) is 4.90 Å². The number of benzene rings is 2. The van der Waals surface area contributed by atoms with Crippen molar-refractivity contribution in [1.82, 2.24) is 9.80 Å². The average molecular weight is 440 g/mol. The van der Waals surface area contributed by atoms with Crippen molar-refractivity contribution in [3.05, 3.63) is 66.0 Å². The van der Waals surface area contributed by atoms with Crippen LogP contribution in [0, 0.1) is 5.82 Å². The number of anilines is 1. The predicted molar refractivity (Wildman–Crippen MR) is 121 cm³/mol. The van der Waals surface area contributed by atoms with Gasteiger partial charge in [-0.2, -0.15) is 0 Å². The summed E-state index contributed by atoms with van der Waals surface area (Å²) in [5, 5.41) is 0. The topological polar surface area (TPSA) is 53.1 Å². The summed E-state index contributed by atoms with van der Waals surface area (Å²) < 4.78 is 18.9. The number of halogens is 1. The number of amides is 3. The highest BCUT2D eigenvalue weighted by molar-refractivity contribution is 5.95. The fraction of sp³-hybridized carbons (Fsp3) is 0.440. The number of carbonyl (C=O) groups is 2. The lowest BCUT2D eigenvalue weighted by molar-refractivity contribution is 0.0158. The Hall–Kier alpha value is -3.09. The highest BCUT2D eigenvalue weighted by atomic mass is 19.1. The van der Waals surface area contributed by atoms with Gasteiger partial charge in [0.25, 0.3) is 0 Å². The van der Waals surface area contributed by atoms with E-state index in [0.717, 1.165) is 5.56 Å². The van der Waals surface area contributed by atoms with E-state index in [9.17, 15) is 14.0 Å². The average Bonchev–Trinajstić information content (AvgIpc) is 3.11. The van der Waals surface area contributed by atoms with Gasteiger partial charge in [0.15, 0.2) is 0 Å². The third-order valence-electron chi connectivity index (χ3n) is 5.98. The molecular formula is C25H30FN3O3. The van der Waals surface area contributed by atoms with Gasteiger partial charge < -0.3 is 14.5 Å². The van der Waals surface area contributed by atoms with Crippen molar-refractivity contribution >= 4 is 17.8 Å². The summed E-state index contributed by atoms with van der Waals surface area (Å²) in [4.78, 5) is 31.4. The summed E-state index contributed by atoms with van der Waals surface area (Å²) in [6.45, 7) is 7.16. The first-order valence-electron chi connectivity index (χ1n) is 11.1. The molecule has 0 bridgehead atoms. The Morgan fingerprint density at radius 3 is 2.22 bits per heavy atom. The van der Waals surface area contributed by atoms with Crippen LogP contribution in [0.1, 0.15) is 45.2 Å². The number of likely N-dealkylation sites (tertiary alicyclic amines) is 1. The lowest BCUT2D eigenvalue weighted by atomic mass is 9.99. The predicted octanol–water partition coefficient (Wildman–Crippen LogP) is 5.21. The van der Waals surface area contributed by atoms with Gasteiger partial charge in [0.05, 0.1) is 12.6 Å². The Morgan fingerprint density at radius 1 is 1.00 bits per heavy atom. The van der Waals surface area contributed by atoms with E-state index in [2.05, 4.69) is 0 Å². The fourth-order valence-corrected chi connectivity index (χ4v) is 4.45. The standard InChI is InChI=1S/C25H30FN3O3/c1-25(2,3)32-24(31)27-15-13-21(14-16-27)29-22(18-7-5-4-6-8-18)17-28(23(29)30)20-11-9-19(26)10-12-20/h4-12,21-22H,13-17H2,1-3H3. The van der Waals surface area contributed by atoms with Gasteiger partial charge in [-0.1, -0.05) is 30.3 Å². The molecule has 0 N–H and O–H groups in total. The van der Waals surface area contributed by atoms with Gasteiger partial charge in [0.2, 0.25) is 0 Å². The van der Waals surface area contributed by atoms with E-state index in [1.54, 1.807) is 21.9 Å². The van der Waals surface area contributed by atoms with Gasteiger partial charge in [0, 0.05) is 24.8 Å². The Balaban J connectivity index is 1.53. The van der Waals surface area contributed by atoms with Crippen molar-refractivity contribution in [3.63, 3.8) is 0 Å². The zero-order valence-electron chi connectivity index (χ0n) is 18.8. The van der Waals surface area contributed by atoms with E-state index in [0.29, 0.717) is 38.2 Å². The highest BCUT2D eigenvalue weighted by Crippen LogP contribution is 2.37. The van der Waals surface area contributed by atoms with Crippen LogP contribution in [0.25, 0.3) is 0 Å². The van der Waals surface area contributed by atoms with E-state index in [4.69, 9.17) is 4.74 Å². The second-order valence-electron chi connectivity index (χ2n) is 9.40.